The van der Waals surface area contributed by atoms with Crippen LogP contribution in [0.3, 0.4) is 0 Å². The summed E-state index contributed by atoms with van der Waals surface area (Å²) in [6, 6.07) is 0. The molecule has 0 aromatic rings. The Morgan fingerprint density at radius 1 is 1.48 bits per heavy atom. The number of sulfonamides is 1. The van der Waals surface area contributed by atoms with Crippen molar-refractivity contribution >= 4 is 33.7 Å². The summed E-state index contributed by atoms with van der Waals surface area (Å²) in [5.41, 5.74) is 0. The number of aliphatic carboxylic acids is 1. The molecule has 8 nitrogen and oxygen atoms in total. The number of hydrogen-bond acceptors (Lipinski definition) is 6. The van der Waals surface area contributed by atoms with Gasteiger partial charge in [-0.1, -0.05) is 6.92 Å². The largest absolute Gasteiger partial charge is 0.480 e. The third-order valence-electron chi connectivity index (χ3n) is 3.48. The van der Waals surface area contributed by atoms with E-state index >= 15 is 0 Å². The molecular formula is C13H24N2O6S2. The predicted octanol–water partition coefficient (Wildman–Crippen LogP) is -0.441. The minimum absolute atomic E-state index is 0.0109. The molecule has 0 bridgehead atoms. The van der Waals surface area contributed by atoms with E-state index in [1.165, 1.54) is 0 Å². The van der Waals surface area contributed by atoms with Crippen LogP contribution in [0.5, 0.6) is 0 Å². The maximum atomic E-state index is 12.3. The lowest BCUT2D eigenvalue weighted by molar-refractivity contribution is -0.143. The topological polar surface area (TPSA) is 104 Å². The minimum atomic E-state index is -3.66. The predicted molar refractivity (Wildman–Crippen MR) is 87.9 cm³/mol. The molecule has 1 heterocycles. The summed E-state index contributed by atoms with van der Waals surface area (Å²) in [5, 5.41) is 8.83. The maximum absolute atomic E-state index is 12.3. The van der Waals surface area contributed by atoms with E-state index in [0.717, 1.165) is 16.3 Å². The van der Waals surface area contributed by atoms with Crippen molar-refractivity contribution in [3.8, 4) is 0 Å². The molecule has 1 fully saturated rings. The van der Waals surface area contributed by atoms with Crippen LogP contribution < -0.4 is 0 Å². The molecule has 23 heavy (non-hydrogen) atoms. The zero-order valence-corrected chi connectivity index (χ0v) is 15.2. The van der Waals surface area contributed by atoms with Crippen molar-refractivity contribution in [1.82, 2.24) is 9.21 Å². The molecule has 2 atom stereocenters. The molecule has 0 spiro atoms. The van der Waals surface area contributed by atoms with Crippen LogP contribution in [-0.2, 0) is 24.3 Å². The monoisotopic (exact) mass is 368 g/mol. The van der Waals surface area contributed by atoms with Gasteiger partial charge in [-0.3, -0.25) is 9.59 Å². The second-order valence-electron chi connectivity index (χ2n) is 5.58. The molecule has 10 heteroatoms. The zero-order valence-electron chi connectivity index (χ0n) is 13.6. The number of amides is 1. The quantitative estimate of drug-likeness (QED) is 0.619. The third-order valence-corrected chi connectivity index (χ3v) is 5.53. The molecule has 0 aliphatic carbocycles. The van der Waals surface area contributed by atoms with Crippen molar-refractivity contribution in [2.45, 2.75) is 13.0 Å². The number of carbonyl (C=O) groups is 2. The number of carbonyl (C=O) groups excluding carboxylic acids is 1. The average Bonchev–Trinajstić information content (AvgIpc) is 2.45. The highest BCUT2D eigenvalue weighted by Gasteiger charge is 2.31. The zero-order chi connectivity index (χ0) is 17.6. The van der Waals surface area contributed by atoms with E-state index in [9.17, 15) is 18.0 Å². The second-order valence-corrected chi connectivity index (χ2v) is 8.48. The fourth-order valence-corrected chi connectivity index (χ4v) is 3.78. The van der Waals surface area contributed by atoms with Gasteiger partial charge in [0.1, 0.15) is 6.54 Å². The first-order valence-corrected chi connectivity index (χ1v) is 10.5. The van der Waals surface area contributed by atoms with E-state index in [4.69, 9.17) is 9.84 Å². The van der Waals surface area contributed by atoms with Gasteiger partial charge >= 0.3 is 5.97 Å². The van der Waals surface area contributed by atoms with Crippen LogP contribution in [0.1, 0.15) is 6.92 Å². The van der Waals surface area contributed by atoms with Crippen LogP contribution in [0.25, 0.3) is 0 Å². The van der Waals surface area contributed by atoms with Crippen LogP contribution in [-0.4, -0.2) is 91.8 Å². The van der Waals surface area contributed by atoms with Gasteiger partial charge in [0, 0.05) is 31.3 Å². The summed E-state index contributed by atoms with van der Waals surface area (Å²) >= 11 is 1.59. The molecule has 1 aliphatic heterocycles. The molecule has 0 saturated carbocycles. The molecule has 0 radical (unpaired) electrons. The number of morpholine rings is 1. The van der Waals surface area contributed by atoms with Gasteiger partial charge in [-0.25, -0.2) is 8.42 Å². The first-order chi connectivity index (χ1) is 10.6. The van der Waals surface area contributed by atoms with Crippen molar-refractivity contribution in [2.75, 3.05) is 51.1 Å². The SMILES string of the molecule is CSC[C@H](C)C(=O)N1CCO[C@@H](CN(CC(=O)O)S(C)(=O)=O)C1. The van der Waals surface area contributed by atoms with E-state index in [-0.39, 0.29) is 24.9 Å². The Hall–Kier alpha value is -0.840. The molecular weight excluding hydrogens is 344 g/mol. The number of carboxylic acids is 1. The fraction of sp³-hybridized carbons (Fsp3) is 0.846. The van der Waals surface area contributed by atoms with Crippen molar-refractivity contribution in [1.29, 1.82) is 0 Å². The van der Waals surface area contributed by atoms with E-state index in [0.29, 0.717) is 13.2 Å². The highest BCUT2D eigenvalue weighted by atomic mass is 32.2. The van der Waals surface area contributed by atoms with Crippen LogP contribution in [0, 0.1) is 5.92 Å². The summed E-state index contributed by atoms with van der Waals surface area (Å²) in [6.07, 6.45) is 2.37. The fourth-order valence-electron chi connectivity index (χ4n) is 2.36. The summed E-state index contributed by atoms with van der Waals surface area (Å²) in [6.45, 7) is 2.21. The molecule has 0 aromatic heterocycles. The van der Waals surface area contributed by atoms with Gasteiger partial charge in [0.25, 0.3) is 0 Å². The Labute approximate surface area is 141 Å². The Balaban J connectivity index is 2.70. The molecule has 134 valence electrons. The van der Waals surface area contributed by atoms with Crippen molar-refractivity contribution < 1.29 is 27.9 Å². The van der Waals surface area contributed by atoms with Crippen molar-refractivity contribution in [2.24, 2.45) is 5.92 Å². The molecule has 1 saturated heterocycles. The van der Waals surface area contributed by atoms with Gasteiger partial charge in [-0.2, -0.15) is 16.1 Å². The van der Waals surface area contributed by atoms with Crippen LogP contribution in [0.4, 0.5) is 0 Å². The van der Waals surface area contributed by atoms with Gasteiger partial charge in [0.2, 0.25) is 15.9 Å². The van der Waals surface area contributed by atoms with Crippen molar-refractivity contribution in [3.05, 3.63) is 0 Å². The highest BCUT2D eigenvalue weighted by Crippen LogP contribution is 2.14. The number of carboxylic acid groups (broad SMARTS) is 1. The Kier molecular flexibility index (Phi) is 7.78. The third kappa shape index (κ3) is 6.66. The molecule has 0 aromatic carbocycles. The van der Waals surface area contributed by atoms with Gasteiger partial charge < -0.3 is 14.7 Å². The van der Waals surface area contributed by atoms with Gasteiger partial charge in [-0.05, 0) is 6.26 Å². The van der Waals surface area contributed by atoms with Gasteiger partial charge in [0.05, 0.1) is 19.0 Å². The first-order valence-electron chi connectivity index (χ1n) is 7.21. The Morgan fingerprint density at radius 3 is 2.65 bits per heavy atom. The minimum Gasteiger partial charge on any atom is -0.480 e. The number of ether oxygens (including phenoxy) is 1. The summed E-state index contributed by atoms with van der Waals surface area (Å²) in [5.74, 6) is -0.617. The lowest BCUT2D eigenvalue weighted by atomic mass is 10.1. The summed E-state index contributed by atoms with van der Waals surface area (Å²) < 4.78 is 29.7. The average molecular weight is 368 g/mol. The first kappa shape index (κ1) is 20.2. The Morgan fingerprint density at radius 2 is 2.13 bits per heavy atom. The van der Waals surface area contributed by atoms with Crippen LogP contribution in [0.2, 0.25) is 0 Å². The van der Waals surface area contributed by atoms with Gasteiger partial charge in [0.15, 0.2) is 0 Å². The Bertz CT molecular complexity index is 525. The highest BCUT2D eigenvalue weighted by molar-refractivity contribution is 7.98. The van der Waals surface area contributed by atoms with Gasteiger partial charge in [-0.15, -0.1) is 0 Å². The van der Waals surface area contributed by atoms with Crippen LogP contribution >= 0.6 is 11.8 Å². The molecule has 1 amide bonds. The number of hydrogen-bond donors (Lipinski definition) is 1. The van der Waals surface area contributed by atoms with Crippen LogP contribution in [0.15, 0.2) is 0 Å². The number of rotatable bonds is 8. The molecule has 0 unspecified atom stereocenters. The normalized spacial score (nSPS) is 20.5. The molecule has 1 rings (SSSR count). The summed E-state index contributed by atoms with van der Waals surface area (Å²) in [7, 11) is -3.66. The standard InChI is InChI=1S/C13H24N2O6S2/c1-10(9-22-2)13(18)14-4-5-21-11(6-14)7-15(8-12(16)17)23(3,19)20/h10-11H,4-9H2,1-3H3,(H,16,17)/t10-,11+/m0/s1. The molecule has 1 aliphatic rings. The molecule has 1 N–H and O–H groups in total. The summed E-state index contributed by atoms with van der Waals surface area (Å²) in [4.78, 5) is 24.8. The van der Waals surface area contributed by atoms with E-state index < -0.39 is 28.6 Å². The smallest absolute Gasteiger partial charge is 0.318 e. The van der Waals surface area contributed by atoms with E-state index in [2.05, 4.69) is 0 Å². The lowest BCUT2D eigenvalue weighted by Gasteiger charge is -2.36. The van der Waals surface area contributed by atoms with E-state index in [1.807, 2.05) is 13.2 Å². The van der Waals surface area contributed by atoms with E-state index in [1.54, 1.807) is 16.7 Å². The lowest BCUT2D eigenvalue weighted by Crippen LogP contribution is -2.52. The maximum Gasteiger partial charge on any atom is 0.318 e. The number of thioether (sulfide) groups is 1. The second kappa shape index (κ2) is 8.86. The van der Waals surface area contributed by atoms with Crippen molar-refractivity contribution in [3.63, 3.8) is 0 Å². The number of nitrogens with zero attached hydrogens (tertiary/aromatic N) is 2.